The van der Waals surface area contributed by atoms with Crippen molar-refractivity contribution in [2.45, 2.75) is 77.9 Å². The van der Waals surface area contributed by atoms with E-state index in [0.717, 1.165) is 31.0 Å². The maximum Gasteiger partial charge on any atom is 0.122 e. The van der Waals surface area contributed by atoms with Gasteiger partial charge in [-0.15, -0.1) is 0 Å². The molecule has 25 heavy (non-hydrogen) atoms. The van der Waals surface area contributed by atoms with Crippen LogP contribution in [0.1, 0.15) is 64.6 Å². The molecule has 3 atom stereocenters. The highest BCUT2D eigenvalue weighted by atomic mass is 15.2. The Balaban J connectivity index is 1.47. The Kier molecular flexibility index (Phi) is 5.19. The second kappa shape index (κ2) is 7.40. The molecule has 0 aromatic carbocycles. The van der Waals surface area contributed by atoms with Crippen molar-refractivity contribution in [2.75, 3.05) is 19.6 Å². The number of hydrogen-bond donors (Lipinski definition) is 1. The molecule has 140 valence electrons. The molecule has 2 heterocycles. The van der Waals surface area contributed by atoms with Gasteiger partial charge in [0, 0.05) is 31.5 Å². The highest BCUT2D eigenvalue weighted by Gasteiger charge is 2.56. The number of aryl methyl sites for hydroxylation is 1. The van der Waals surface area contributed by atoms with Gasteiger partial charge >= 0.3 is 0 Å². The molecule has 3 aliphatic rings. The average Bonchev–Trinajstić information content (AvgIpc) is 3.10. The van der Waals surface area contributed by atoms with E-state index in [1.165, 1.54) is 70.4 Å². The largest absolute Gasteiger partial charge is 0.334 e. The second-order valence-electron chi connectivity index (χ2n) is 9.03. The Bertz CT molecular complexity index is 560. The van der Waals surface area contributed by atoms with E-state index in [4.69, 9.17) is 0 Å². The van der Waals surface area contributed by atoms with Gasteiger partial charge in [0.1, 0.15) is 5.82 Å². The van der Waals surface area contributed by atoms with E-state index in [-0.39, 0.29) is 0 Å². The molecule has 3 fully saturated rings. The zero-order valence-corrected chi connectivity index (χ0v) is 16.2. The minimum absolute atomic E-state index is 0.620. The average molecular weight is 345 g/mol. The fourth-order valence-corrected chi connectivity index (χ4v) is 5.62. The van der Waals surface area contributed by atoms with Crippen LogP contribution in [0.2, 0.25) is 0 Å². The predicted octanol–water partition coefficient (Wildman–Crippen LogP) is 3.67. The lowest BCUT2D eigenvalue weighted by Crippen LogP contribution is -2.39. The number of piperidine rings is 1. The van der Waals surface area contributed by atoms with Gasteiger partial charge in [0.15, 0.2) is 0 Å². The van der Waals surface area contributed by atoms with Crippen molar-refractivity contribution in [3.05, 3.63) is 18.2 Å². The van der Waals surface area contributed by atoms with E-state index in [1.807, 2.05) is 6.20 Å². The standard InChI is InChI=1S/C21H36N4/c1-3-24-12-11-23-20(24)16-25(15-18-6-4-5-17(2)13-18)19-14-21(19)7-9-22-10-8-21/h11-12,17-19,22H,3-10,13-16H2,1-2H3. The van der Waals surface area contributed by atoms with Crippen LogP contribution in [0, 0.1) is 17.3 Å². The minimum Gasteiger partial charge on any atom is -0.334 e. The highest BCUT2D eigenvalue weighted by Crippen LogP contribution is 2.56. The lowest BCUT2D eigenvalue weighted by atomic mass is 9.82. The lowest BCUT2D eigenvalue weighted by molar-refractivity contribution is 0.137. The molecule has 4 rings (SSSR count). The van der Waals surface area contributed by atoms with Gasteiger partial charge in [-0.2, -0.15) is 0 Å². The normalized spacial score (nSPS) is 31.6. The monoisotopic (exact) mass is 344 g/mol. The van der Waals surface area contributed by atoms with Crippen LogP contribution in [-0.2, 0) is 13.1 Å². The van der Waals surface area contributed by atoms with Crippen LogP contribution in [0.3, 0.4) is 0 Å². The molecule has 1 aromatic heterocycles. The van der Waals surface area contributed by atoms with Crippen molar-refractivity contribution < 1.29 is 0 Å². The molecule has 1 aliphatic heterocycles. The summed E-state index contributed by atoms with van der Waals surface area (Å²) in [6, 6.07) is 0.800. The molecule has 0 bridgehead atoms. The second-order valence-corrected chi connectivity index (χ2v) is 9.03. The fourth-order valence-electron chi connectivity index (χ4n) is 5.62. The van der Waals surface area contributed by atoms with Gasteiger partial charge in [-0.05, 0) is 69.4 Å². The first-order valence-electron chi connectivity index (χ1n) is 10.6. The van der Waals surface area contributed by atoms with Gasteiger partial charge in [0.25, 0.3) is 0 Å². The summed E-state index contributed by atoms with van der Waals surface area (Å²) in [6.07, 6.45) is 14.0. The summed E-state index contributed by atoms with van der Waals surface area (Å²) in [7, 11) is 0. The summed E-state index contributed by atoms with van der Waals surface area (Å²) >= 11 is 0. The summed E-state index contributed by atoms with van der Waals surface area (Å²) in [4.78, 5) is 7.52. The first kappa shape index (κ1) is 17.5. The van der Waals surface area contributed by atoms with Crippen molar-refractivity contribution >= 4 is 0 Å². The van der Waals surface area contributed by atoms with Gasteiger partial charge in [0.05, 0.1) is 6.54 Å². The van der Waals surface area contributed by atoms with Crippen LogP contribution in [0.15, 0.2) is 12.4 Å². The molecule has 2 saturated carbocycles. The van der Waals surface area contributed by atoms with E-state index in [1.54, 1.807) is 0 Å². The first-order chi connectivity index (χ1) is 12.2. The van der Waals surface area contributed by atoms with Gasteiger partial charge in [-0.25, -0.2) is 4.98 Å². The number of nitrogens with one attached hydrogen (secondary N) is 1. The molecular formula is C21H36N4. The molecule has 1 spiro atoms. The summed E-state index contributed by atoms with van der Waals surface area (Å²) in [5, 5.41) is 3.56. The van der Waals surface area contributed by atoms with E-state index in [0.29, 0.717) is 5.41 Å². The molecule has 2 aliphatic carbocycles. The molecule has 4 nitrogen and oxygen atoms in total. The maximum absolute atomic E-state index is 4.69. The third-order valence-corrected chi connectivity index (χ3v) is 7.21. The molecule has 0 amide bonds. The van der Waals surface area contributed by atoms with Gasteiger partial charge in [-0.1, -0.05) is 19.8 Å². The zero-order chi connectivity index (χ0) is 17.3. The maximum atomic E-state index is 4.69. The predicted molar refractivity (Wildman–Crippen MR) is 102 cm³/mol. The third-order valence-electron chi connectivity index (χ3n) is 7.21. The molecular weight excluding hydrogens is 308 g/mol. The molecule has 3 unspecified atom stereocenters. The Morgan fingerprint density at radius 1 is 1.32 bits per heavy atom. The van der Waals surface area contributed by atoms with E-state index in [2.05, 4.69) is 39.8 Å². The third kappa shape index (κ3) is 3.80. The van der Waals surface area contributed by atoms with Crippen molar-refractivity contribution in [1.82, 2.24) is 19.8 Å². The zero-order valence-electron chi connectivity index (χ0n) is 16.2. The smallest absolute Gasteiger partial charge is 0.122 e. The number of aromatic nitrogens is 2. The Labute approximate surface area is 153 Å². The molecule has 4 heteroatoms. The van der Waals surface area contributed by atoms with Crippen LogP contribution in [-0.4, -0.2) is 40.1 Å². The molecule has 1 saturated heterocycles. The van der Waals surface area contributed by atoms with Gasteiger partial charge in [-0.3, -0.25) is 4.90 Å². The number of imidazole rings is 1. The van der Waals surface area contributed by atoms with Gasteiger partial charge < -0.3 is 9.88 Å². The quantitative estimate of drug-likeness (QED) is 0.855. The SMILES string of the molecule is CCn1ccnc1CN(CC1CCCC(C)C1)C1CC12CCNCC2. The highest BCUT2D eigenvalue weighted by molar-refractivity contribution is 5.11. The summed E-state index contributed by atoms with van der Waals surface area (Å²) in [5.41, 5.74) is 0.620. The van der Waals surface area contributed by atoms with Gasteiger partial charge in [0.2, 0.25) is 0 Å². The fraction of sp³-hybridized carbons (Fsp3) is 0.857. The molecule has 1 aromatic rings. The van der Waals surface area contributed by atoms with E-state index in [9.17, 15) is 0 Å². The summed E-state index contributed by atoms with van der Waals surface area (Å²) < 4.78 is 2.33. The Morgan fingerprint density at radius 2 is 2.16 bits per heavy atom. The van der Waals surface area contributed by atoms with Crippen LogP contribution in [0.5, 0.6) is 0 Å². The van der Waals surface area contributed by atoms with Crippen LogP contribution < -0.4 is 5.32 Å². The number of nitrogens with zero attached hydrogens (tertiary/aromatic N) is 3. The lowest BCUT2D eigenvalue weighted by Gasteiger charge is -2.34. The molecule has 1 N–H and O–H groups in total. The first-order valence-corrected chi connectivity index (χ1v) is 10.6. The Morgan fingerprint density at radius 3 is 2.92 bits per heavy atom. The summed E-state index contributed by atoms with van der Waals surface area (Å²) in [6.45, 7) is 10.5. The Hall–Kier alpha value is -0.870. The minimum atomic E-state index is 0.620. The molecule has 0 radical (unpaired) electrons. The number of hydrogen-bond acceptors (Lipinski definition) is 3. The van der Waals surface area contributed by atoms with Crippen LogP contribution in [0.4, 0.5) is 0 Å². The van der Waals surface area contributed by atoms with E-state index >= 15 is 0 Å². The topological polar surface area (TPSA) is 33.1 Å². The van der Waals surface area contributed by atoms with Crippen LogP contribution in [0.25, 0.3) is 0 Å². The van der Waals surface area contributed by atoms with Crippen molar-refractivity contribution in [1.29, 1.82) is 0 Å². The van der Waals surface area contributed by atoms with Crippen LogP contribution >= 0.6 is 0 Å². The van der Waals surface area contributed by atoms with Crippen molar-refractivity contribution in [3.8, 4) is 0 Å². The van der Waals surface area contributed by atoms with Crippen molar-refractivity contribution in [2.24, 2.45) is 17.3 Å². The number of rotatable bonds is 6. The van der Waals surface area contributed by atoms with E-state index < -0.39 is 0 Å². The van der Waals surface area contributed by atoms with Crippen molar-refractivity contribution in [3.63, 3.8) is 0 Å². The summed E-state index contributed by atoms with van der Waals surface area (Å²) in [5.74, 6) is 3.08.